The molecule has 0 aromatic rings. The summed E-state index contributed by atoms with van der Waals surface area (Å²) in [4.78, 5) is 0. The van der Waals surface area contributed by atoms with Crippen molar-refractivity contribution in [2.45, 2.75) is 18.1 Å². The van der Waals surface area contributed by atoms with Gasteiger partial charge in [-0.25, -0.2) is 13.6 Å². The van der Waals surface area contributed by atoms with Crippen molar-refractivity contribution in [3.05, 3.63) is 0 Å². The molecule has 1 rings (SSSR count). The van der Waals surface area contributed by atoms with E-state index < -0.39 is 25.3 Å². The molecular formula is C6H14N2O4S2. The monoisotopic (exact) mass is 242 g/mol. The zero-order valence-electron chi connectivity index (χ0n) is 7.88. The predicted octanol–water partition coefficient (Wildman–Crippen LogP) is -1.30. The van der Waals surface area contributed by atoms with Crippen molar-refractivity contribution in [1.82, 2.24) is 4.31 Å². The highest BCUT2D eigenvalue weighted by Crippen LogP contribution is 2.17. The third-order valence-corrected chi connectivity index (χ3v) is 5.13. The first kappa shape index (κ1) is 11.9. The molecular weight excluding hydrogens is 228 g/mol. The molecule has 0 aromatic carbocycles. The summed E-state index contributed by atoms with van der Waals surface area (Å²) >= 11 is 0. The number of nitrogens with two attached hydrogens (primary N) is 1. The molecule has 0 unspecified atom stereocenters. The van der Waals surface area contributed by atoms with Gasteiger partial charge in [0.2, 0.25) is 0 Å². The van der Waals surface area contributed by atoms with Crippen LogP contribution in [0.5, 0.6) is 0 Å². The van der Waals surface area contributed by atoms with E-state index in [1.165, 1.54) is 6.26 Å². The average Bonchev–Trinajstić information content (AvgIpc) is 2.01. The first-order chi connectivity index (χ1) is 6.21. The van der Waals surface area contributed by atoms with Gasteiger partial charge < -0.3 is 0 Å². The van der Waals surface area contributed by atoms with E-state index in [9.17, 15) is 16.8 Å². The van der Waals surface area contributed by atoms with Crippen LogP contribution in [-0.2, 0) is 20.0 Å². The van der Waals surface area contributed by atoms with Crippen LogP contribution in [0.1, 0.15) is 12.8 Å². The number of sulfone groups is 1. The highest BCUT2D eigenvalue weighted by atomic mass is 32.2. The van der Waals surface area contributed by atoms with Crippen molar-refractivity contribution < 1.29 is 16.8 Å². The van der Waals surface area contributed by atoms with Crippen LogP contribution in [0.15, 0.2) is 0 Å². The van der Waals surface area contributed by atoms with Gasteiger partial charge in [-0.1, -0.05) is 0 Å². The molecule has 14 heavy (non-hydrogen) atoms. The van der Waals surface area contributed by atoms with Gasteiger partial charge >= 0.3 is 0 Å². The molecule has 6 nitrogen and oxygen atoms in total. The lowest BCUT2D eigenvalue weighted by Crippen LogP contribution is -2.45. The van der Waals surface area contributed by atoms with Crippen molar-refractivity contribution in [2.24, 2.45) is 5.14 Å². The number of hydrogen-bond acceptors (Lipinski definition) is 4. The molecule has 2 N–H and O–H groups in total. The molecule has 1 heterocycles. The van der Waals surface area contributed by atoms with E-state index >= 15 is 0 Å². The molecule has 8 heteroatoms. The standard InChI is InChI=1S/C6H14N2O4S2/c1-13(9,10)6-2-4-8(5-3-6)14(7,11)12/h6H,2-5H2,1H3,(H2,7,11,12). The van der Waals surface area contributed by atoms with Gasteiger partial charge in [-0.2, -0.15) is 12.7 Å². The molecule has 1 saturated heterocycles. The molecule has 84 valence electrons. The van der Waals surface area contributed by atoms with Gasteiger partial charge in [0.15, 0.2) is 0 Å². The molecule has 0 atom stereocenters. The fourth-order valence-corrected chi connectivity index (χ4v) is 3.30. The molecule has 1 fully saturated rings. The second-order valence-corrected chi connectivity index (χ2v) is 7.34. The van der Waals surface area contributed by atoms with Crippen LogP contribution >= 0.6 is 0 Å². The number of hydrogen-bond donors (Lipinski definition) is 1. The van der Waals surface area contributed by atoms with Gasteiger partial charge in [0.05, 0.1) is 5.25 Å². The van der Waals surface area contributed by atoms with Crippen molar-refractivity contribution in [3.8, 4) is 0 Å². The summed E-state index contributed by atoms with van der Waals surface area (Å²) in [6.07, 6.45) is 1.83. The third kappa shape index (κ3) is 2.91. The second-order valence-electron chi connectivity index (χ2n) is 3.47. The molecule has 0 saturated carbocycles. The average molecular weight is 242 g/mol. The van der Waals surface area contributed by atoms with Crippen LogP contribution in [0.25, 0.3) is 0 Å². The minimum absolute atomic E-state index is 0.191. The zero-order chi connectivity index (χ0) is 11.0. The summed E-state index contributed by atoms with van der Waals surface area (Å²) in [7, 11) is -6.71. The number of nitrogens with zero attached hydrogens (tertiary/aromatic N) is 1. The lowest BCUT2D eigenvalue weighted by Gasteiger charge is -2.28. The summed E-state index contributed by atoms with van der Waals surface area (Å²) in [5.74, 6) is 0. The van der Waals surface area contributed by atoms with E-state index in [1.54, 1.807) is 0 Å². The van der Waals surface area contributed by atoms with E-state index in [1.807, 2.05) is 0 Å². The quantitative estimate of drug-likeness (QED) is 0.650. The Morgan fingerprint density at radius 3 is 1.86 bits per heavy atom. The minimum atomic E-state index is -3.66. The smallest absolute Gasteiger partial charge is 0.229 e. The summed E-state index contributed by atoms with van der Waals surface area (Å²) in [5, 5.41) is 4.48. The van der Waals surface area contributed by atoms with Crippen molar-refractivity contribution in [1.29, 1.82) is 0 Å². The maximum absolute atomic E-state index is 11.1. The summed E-state index contributed by atoms with van der Waals surface area (Å²) in [6.45, 7) is 0.382. The molecule has 1 aliphatic rings. The Morgan fingerprint density at radius 2 is 1.57 bits per heavy atom. The lowest BCUT2D eigenvalue weighted by atomic mass is 10.2. The Morgan fingerprint density at radius 1 is 1.14 bits per heavy atom. The Kier molecular flexibility index (Phi) is 3.20. The van der Waals surface area contributed by atoms with Crippen LogP contribution in [0.4, 0.5) is 0 Å². The Balaban J connectivity index is 2.65. The van der Waals surface area contributed by atoms with E-state index in [2.05, 4.69) is 0 Å². The normalized spacial score (nSPS) is 22.4. The Labute approximate surface area is 84.2 Å². The van der Waals surface area contributed by atoms with Gasteiger partial charge in [0.25, 0.3) is 10.2 Å². The van der Waals surface area contributed by atoms with Gasteiger partial charge in [-0.05, 0) is 12.8 Å². The predicted molar refractivity (Wildman–Crippen MR) is 52.5 cm³/mol. The van der Waals surface area contributed by atoms with Gasteiger partial charge in [0, 0.05) is 19.3 Å². The lowest BCUT2D eigenvalue weighted by molar-refractivity contribution is 0.346. The minimum Gasteiger partial charge on any atom is -0.229 e. The molecule has 0 bridgehead atoms. The number of rotatable bonds is 2. The van der Waals surface area contributed by atoms with Crippen LogP contribution in [-0.4, -0.2) is 45.7 Å². The Hall–Kier alpha value is -0.180. The summed E-state index contributed by atoms with van der Waals surface area (Å²) in [6, 6.07) is 0. The number of piperidine rings is 1. The molecule has 0 spiro atoms. The maximum Gasteiger partial charge on any atom is 0.276 e. The SMILES string of the molecule is CS(=O)(=O)C1CCN(S(N)(=O)=O)CC1. The first-order valence-corrected chi connectivity index (χ1v) is 7.64. The van der Waals surface area contributed by atoms with Gasteiger partial charge in [0.1, 0.15) is 9.84 Å². The highest BCUT2D eigenvalue weighted by molar-refractivity contribution is 7.91. The maximum atomic E-state index is 11.1. The van der Waals surface area contributed by atoms with Gasteiger partial charge in [-0.15, -0.1) is 0 Å². The van der Waals surface area contributed by atoms with Crippen molar-refractivity contribution in [2.75, 3.05) is 19.3 Å². The van der Waals surface area contributed by atoms with E-state index in [0.29, 0.717) is 12.8 Å². The largest absolute Gasteiger partial charge is 0.276 e. The highest BCUT2D eigenvalue weighted by Gasteiger charge is 2.30. The van der Waals surface area contributed by atoms with Crippen molar-refractivity contribution in [3.63, 3.8) is 0 Å². The second kappa shape index (κ2) is 3.76. The topological polar surface area (TPSA) is 97.5 Å². The van der Waals surface area contributed by atoms with E-state index in [-0.39, 0.29) is 13.1 Å². The first-order valence-electron chi connectivity index (χ1n) is 4.18. The molecule has 0 amide bonds. The fraction of sp³-hybridized carbons (Fsp3) is 1.00. The molecule has 0 radical (unpaired) electrons. The van der Waals surface area contributed by atoms with Gasteiger partial charge in [-0.3, -0.25) is 0 Å². The van der Waals surface area contributed by atoms with Crippen LogP contribution in [0, 0.1) is 0 Å². The molecule has 1 aliphatic heterocycles. The van der Waals surface area contributed by atoms with Crippen LogP contribution < -0.4 is 5.14 Å². The van der Waals surface area contributed by atoms with Crippen LogP contribution in [0.3, 0.4) is 0 Å². The summed E-state index contributed by atoms with van der Waals surface area (Å²) < 4.78 is 45.2. The van der Waals surface area contributed by atoms with Crippen LogP contribution in [0.2, 0.25) is 0 Å². The summed E-state index contributed by atoms with van der Waals surface area (Å²) in [5.41, 5.74) is 0. The molecule has 0 aliphatic carbocycles. The van der Waals surface area contributed by atoms with Crippen molar-refractivity contribution >= 4 is 20.0 Å². The Bertz CT molecular complexity index is 352. The van der Waals surface area contributed by atoms with E-state index in [0.717, 1.165) is 4.31 Å². The fourth-order valence-electron chi connectivity index (χ4n) is 1.51. The third-order valence-electron chi connectivity index (χ3n) is 2.37. The zero-order valence-corrected chi connectivity index (χ0v) is 9.51. The van der Waals surface area contributed by atoms with E-state index in [4.69, 9.17) is 5.14 Å². The molecule has 0 aromatic heterocycles.